The van der Waals surface area contributed by atoms with Gasteiger partial charge in [-0.25, -0.2) is 0 Å². The van der Waals surface area contributed by atoms with Crippen LogP contribution < -0.4 is 11.1 Å². The summed E-state index contributed by atoms with van der Waals surface area (Å²) in [6.07, 6.45) is 1.43. The second-order valence-corrected chi connectivity index (χ2v) is 3.87. The molecule has 1 heterocycles. The van der Waals surface area contributed by atoms with Crippen molar-refractivity contribution in [3.63, 3.8) is 0 Å². The van der Waals surface area contributed by atoms with Crippen LogP contribution in [0.2, 0.25) is 0 Å². The van der Waals surface area contributed by atoms with Gasteiger partial charge in [0.1, 0.15) is 11.8 Å². The fraction of sp³-hybridized carbons (Fsp3) is 0.727. The first kappa shape index (κ1) is 16.5. The molecule has 18 heavy (non-hydrogen) atoms. The molecule has 1 rings (SSSR count). The Balaban J connectivity index is 0.00000137. The molecule has 0 saturated carbocycles. The van der Waals surface area contributed by atoms with E-state index in [1.54, 1.807) is 0 Å². The molecule has 0 aromatic heterocycles. The summed E-state index contributed by atoms with van der Waals surface area (Å²) >= 11 is 0. The standard InChI is InChI=1S/C10H17N3O3.CH4O/c1-7(14)6-12-10(16)8-3-2-4-13(8)9(15)5-11;1-2/h8H,2-6,11H2,1H3,(H,12,16);2H,1H3. The van der Waals surface area contributed by atoms with E-state index in [1.165, 1.54) is 11.8 Å². The van der Waals surface area contributed by atoms with Gasteiger partial charge in [-0.05, 0) is 19.8 Å². The lowest BCUT2D eigenvalue weighted by Gasteiger charge is -2.23. The van der Waals surface area contributed by atoms with Crippen molar-refractivity contribution in [3.05, 3.63) is 0 Å². The van der Waals surface area contributed by atoms with E-state index in [4.69, 9.17) is 10.8 Å². The summed E-state index contributed by atoms with van der Waals surface area (Å²) in [5, 5.41) is 9.51. The zero-order valence-electron chi connectivity index (χ0n) is 10.8. The van der Waals surface area contributed by atoms with Crippen molar-refractivity contribution in [2.24, 2.45) is 5.73 Å². The number of carbonyl (C=O) groups excluding carboxylic acids is 3. The molecule has 1 aliphatic heterocycles. The normalized spacial score (nSPS) is 17.8. The van der Waals surface area contributed by atoms with Gasteiger partial charge in [0.05, 0.1) is 13.1 Å². The van der Waals surface area contributed by atoms with Gasteiger partial charge in [-0.15, -0.1) is 0 Å². The minimum Gasteiger partial charge on any atom is -0.400 e. The average molecular weight is 259 g/mol. The van der Waals surface area contributed by atoms with Crippen molar-refractivity contribution in [1.82, 2.24) is 10.2 Å². The van der Waals surface area contributed by atoms with Crippen LogP contribution in [0.4, 0.5) is 0 Å². The number of aliphatic hydroxyl groups is 1. The van der Waals surface area contributed by atoms with Gasteiger partial charge < -0.3 is 21.1 Å². The number of nitrogens with zero attached hydrogens (tertiary/aromatic N) is 1. The predicted octanol–water partition coefficient (Wildman–Crippen LogP) is -1.75. The highest BCUT2D eigenvalue weighted by atomic mass is 16.2. The van der Waals surface area contributed by atoms with Crippen molar-refractivity contribution in [2.45, 2.75) is 25.8 Å². The number of nitrogens with one attached hydrogen (secondary N) is 1. The second-order valence-electron chi connectivity index (χ2n) is 3.87. The van der Waals surface area contributed by atoms with Gasteiger partial charge in [0.25, 0.3) is 0 Å². The summed E-state index contributed by atoms with van der Waals surface area (Å²) in [7, 11) is 1.00. The molecule has 0 aliphatic carbocycles. The predicted molar refractivity (Wildman–Crippen MR) is 65.6 cm³/mol. The van der Waals surface area contributed by atoms with Gasteiger partial charge in [0.15, 0.2) is 0 Å². The number of aliphatic hydroxyl groups excluding tert-OH is 1. The Hall–Kier alpha value is -1.47. The summed E-state index contributed by atoms with van der Waals surface area (Å²) in [4.78, 5) is 35.3. The summed E-state index contributed by atoms with van der Waals surface area (Å²) in [5.74, 6) is -0.599. The smallest absolute Gasteiger partial charge is 0.243 e. The van der Waals surface area contributed by atoms with Crippen LogP contribution >= 0.6 is 0 Å². The largest absolute Gasteiger partial charge is 0.400 e. The molecule has 2 amide bonds. The first-order valence-corrected chi connectivity index (χ1v) is 5.77. The molecular formula is C11H21N3O4. The van der Waals surface area contributed by atoms with E-state index in [9.17, 15) is 14.4 Å². The topological polar surface area (TPSA) is 113 Å². The molecule has 0 radical (unpaired) electrons. The molecule has 7 nitrogen and oxygen atoms in total. The van der Waals surface area contributed by atoms with Gasteiger partial charge in [0.2, 0.25) is 11.8 Å². The van der Waals surface area contributed by atoms with E-state index in [1.807, 2.05) is 0 Å². The van der Waals surface area contributed by atoms with Gasteiger partial charge in [-0.2, -0.15) is 0 Å². The number of ketones is 1. The summed E-state index contributed by atoms with van der Waals surface area (Å²) in [5.41, 5.74) is 5.26. The number of amides is 2. The van der Waals surface area contributed by atoms with Crippen LogP contribution in [0.3, 0.4) is 0 Å². The van der Waals surface area contributed by atoms with Crippen LogP contribution in [0, 0.1) is 0 Å². The molecule has 1 unspecified atom stereocenters. The molecule has 104 valence electrons. The van der Waals surface area contributed by atoms with Crippen LogP contribution in [0.5, 0.6) is 0 Å². The maximum atomic E-state index is 11.7. The monoisotopic (exact) mass is 259 g/mol. The number of Topliss-reactive ketones (excluding diaryl/α,β-unsaturated/α-hetero) is 1. The summed E-state index contributed by atoms with van der Waals surface area (Å²) in [6, 6.07) is -0.463. The Labute approximate surface area is 106 Å². The van der Waals surface area contributed by atoms with E-state index >= 15 is 0 Å². The maximum Gasteiger partial charge on any atom is 0.243 e. The zero-order chi connectivity index (χ0) is 14.1. The molecule has 1 aliphatic rings. The third kappa shape index (κ3) is 4.80. The minimum atomic E-state index is -0.463. The fourth-order valence-electron chi connectivity index (χ4n) is 1.78. The van der Waals surface area contributed by atoms with Gasteiger partial charge >= 0.3 is 0 Å². The van der Waals surface area contributed by atoms with E-state index in [0.29, 0.717) is 13.0 Å². The number of likely N-dealkylation sites (tertiary alicyclic amines) is 1. The van der Waals surface area contributed by atoms with Crippen molar-refractivity contribution in [2.75, 3.05) is 26.7 Å². The van der Waals surface area contributed by atoms with Gasteiger partial charge in [0, 0.05) is 13.7 Å². The first-order valence-electron chi connectivity index (χ1n) is 5.77. The molecule has 0 aromatic rings. The Morgan fingerprint density at radius 2 is 2.00 bits per heavy atom. The molecule has 0 spiro atoms. The molecule has 0 bridgehead atoms. The number of rotatable bonds is 4. The van der Waals surface area contributed by atoms with Crippen molar-refractivity contribution in [3.8, 4) is 0 Å². The maximum absolute atomic E-state index is 11.7. The number of hydrogen-bond acceptors (Lipinski definition) is 5. The van der Waals surface area contributed by atoms with E-state index < -0.39 is 6.04 Å². The van der Waals surface area contributed by atoms with Crippen molar-refractivity contribution < 1.29 is 19.5 Å². The molecule has 1 atom stereocenters. The first-order chi connectivity index (χ1) is 8.56. The molecule has 1 saturated heterocycles. The van der Waals surface area contributed by atoms with E-state index in [-0.39, 0.29) is 30.7 Å². The van der Waals surface area contributed by atoms with Gasteiger partial charge in [-0.3, -0.25) is 14.4 Å². The highest BCUT2D eigenvalue weighted by Gasteiger charge is 2.33. The number of nitrogens with two attached hydrogens (primary N) is 1. The number of carbonyl (C=O) groups is 3. The Morgan fingerprint density at radius 3 is 2.50 bits per heavy atom. The fourth-order valence-corrected chi connectivity index (χ4v) is 1.78. The summed E-state index contributed by atoms with van der Waals surface area (Å²) in [6.45, 7) is 1.89. The highest BCUT2D eigenvalue weighted by molar-refractivity contribution is 5.91. The zero-order valence-corrected chi connectivity index (χ0v) is 10.8. The van der Waals surface area contributed by atoms with Crippen LogP contribution in [-0.2, 0) is 14.4 Å². The molecular weight excluding hydrogens is 238 g/mol. The second kappa shape index (κ2) is 8.60. The van der Waals surface area contributed by atoms with Crippen LogP contribution in [-0.4, -0.2) is 60.4 Å². The molecule has 7 heteroatoms. The lowest BCUT2D eigenvalue weighted by molar-refractivity contribution is -0.137. The third-order valence-corrected chi connectivity index (χ3v) is 2.56. The lowest BCUT2D eigenvalue weighted by Crippen LogP contribution is -2.48. The van der Waals surface area contributed by atoms with Crippen molar-refractivity contribution >= 4 is 17.6 Å². The molecule has 4 N–H and O–H groups in total. The third-order valence-electron chi connectivity index (χ3n) is 2.56. The highest BCUT2D eigenvalue weighted by Crippen LogP contribution is 2.16. The number of hydrogen-bond donors (Lipinski definition) is 3. The van der Waals surface area contributed by atoms with E-state index in [0.717, 1.165) is 13.5 Å². The van der Waals surface area contributed by atoms with Crippen LogP contribution in [0.25, 0.3) is 0 Å². The Bertz CT molecular complexity index is 307. The Kier molecular flexibility index (Phi) is 7.89. The quantitative estimate of drug-likeness (QED) is 0.554. The SMILES string of the molecule is CC(=O)CNC(=O)C1CCCN1C(=O)CN.CO. The van der Waals surface area contributed by atoms with Crippen LogP contribution in [0.15, 0.2) is 0 Å². The van der Waals surface area contributed by atoms with E-state index in [2.05, 4.69) is 5.32 Å². The molecule has 1 fully saturated rings. The molecule has 0 aromatic carbocycles. The average Bonchev–Trinajstić information content (AvgIpc) is 2.86. The van der Waals surface area contributed by atoms with Crippen molar-refractivity contribution in [1.29, 1.82) is 0 Å². The van der Waals surface area contributed by atoms with Gasteiger partial charge in [-0.1, -0.05) is 0 Å². The lowest BCUT2D eigenvalue weighted by atomic mass is 10.2. The Morgan fingerprint density at radius 1 is 1.39 bits per heavy atom. The van der Waals surface area contributed by atoms with Crippen LogP contribution in [0.1, 0.15) is 19.8 Å². The minimum absolute atomic E-state index is 0.0139. The summed E-state index contributed by atoms with van der Waals surface area (Å²) < 4.78 is 0.